The maximum absolute atomic E-state index is 14.1. The van der Waals surface area contributed by atoms with E-state index in [1.807, 2.05) is 7.05 Å². The van der Waals surface area contributed by atoms with E-state index in [1.165, 1.54) is 12.1 Å². The molecule has 0 saturated heterocycles. The van der Waals surface area contributed by atoms with Gasteiger partial charge < -0.3 is 5.32 Å². The van der Waals surface area contributed by atoms with E-state index in [2.05, 4.69) is 12.2 Å². The molecule has 1 aromatic carbocycles. The molecule has 3 atom stereocenters. The number of aryl methyl sites for hydroxylation is 1. The highest BCUT2D eigenvalue weighted by molar-refractivity contribution is 5.31. The van der Waals surface area contributed by atoms with Gasteiger partial charge in [0.2, 0.25) is 0 Å². The molecular weight excluding hydrogens is 220 g/mol. The van der Waals surface area contributed by atoms with Crippen LogP contribution < -0.4 is 5.32 Å². The van der Waals surface area contributed by atoms with Crippen LogP contribution in [0.1, 0.15) is 36.8 Å². The highest BCUT2D eigenvalue weighted by Crippen LogP contribution is 2.41. The molecule has 3 heteroatoms. The second kappa shape index (κ2) is 4.73. The van der Waals surface area contributed by atoms with E-state index in [4.69, 9.17) is 0 Å². The van der Waals surface area contributed by atoms with Crippen LogP contribution in [0, 0.1) is 24.5 Å². The minimum Gasteiger partial charge on any atom is -0.317 e. The van der Waals surface area contributed by atoms with Crippen molar-refractivity contribution in [3.05, 3.63) is 34.9 Å². The number of benzene rings is 1. The molecule has 17 heavy (non-hydrogen) atoms. The summed E-state index contributed by atoms with van der Waals surface area (Å²) < 4.78 is 27.9. The van der Waals surface area contributed by atoms with E-state index in [1.54, 1.807) is 6.92 Å². The highest BCUT2D eigenvalue weighted by Gasteiger charge is 2.36. The molecule has 1 saturated carbocycles. The van der Waals surface area contributed by atoms with Crippen molar-refractivity contribution in [2.75, 3.05) is 7.05 Å². The topological polar surface area (TPSA) is 12.0 Å². The lowest BCUT2D eigenvalue weighted by atomic mass is 9.87. The lowest BCUT2D eigenvalue weighted by Gasteiger charge is -2.22. The molecule has 0 spiro atoms. The predicted octanol–water partition coefficient (Wildman–Crippen LogP) is 3.37. The first-order valence-electron chi connectivity index (χ1n) is 6.18. The maximum Gasteiger partial charge on any atom is 0.132 e. The summed E-state index contributed by atoms with van der Waals surface area (Å²) in [5, 5.41) is 3.22. The third kappa shape index (κ3) is 2.08. The van der Waals surface area contributed by atoms with E-state index in [0.29, 0.717) is 11.6 Å². The summed E-state index contributed by atoms with van der Waals surface area (Å²) >= 11 is 0. The van der Waals surface area contributed by atoms with Crippen LogP contribution in [0.15, 0.2) is 12.1 Å². The van der Waals surface area contributed by atoms with Gasteiger partial charge in [-0.05, 0) is 50.3 Å². The van der Waals surface area contributed by atoms with Gasteiger partial charge in [-0.25, -0.2) is 8.78 Å². The summed E-state index contributed by atoms with van der Waals surface area (Å²) in [6.07, 6.45) is 1.83. The van der Waals surface area contributed by atoms with Gasteiger partial charge in [-0.1, -0.05) is 13.0 Å². The summed E-state index contributed by atoms with van der Waals surface area (Å²) in [7, 11) is 1.91. The normalized spacial score (nSPS) is 28.6. The zero-order valence-corrected chi connectivity index (χ0v) is 10.6. The van der Waals surface area contributed by atoms with E-state index >= 15 is 0 Å². The average molecular weight is 239 g/mol. The van der Waals surface area contributed by atoms with Crippen LogP contribution in [0.4, 0.5) is 8.78 Å². The number of rotatable bonds is 2. The lowest BCUT2D eigenvalue weighted by molar-refractivity contribution is 0.408. The molecule has 3 unspecified atom stereocenters. The van der Waals surface area contributed by atoms with Crippen LogP contribution in [0.2, 0.25) is 0 Å². The molecule has 1 fully saturated rings. The van der Waals surface area contributed by atoms with Crippen molar-refractivity contribution in [2.45, 2.75) is 38.6 Å². The average Bonchev–Trinajstić information content (AvgIpc) is 2.66. The fraction of sp³-hybridized carbons (Fsp3) is 0.571. The van der Waals surface area contributed by atoms with E-state index in [-0.39, 0.29) is 23.2 Å². The minimum atomic E-state index is -0.401. The van der Waals surface area contributed by atoms with Gasteiger partial charge in [-0.3, -0.25) is 0 Å². The van der Waals surface area contributed by atoms with Crippen molar-refractivity contribution >= 4 is 0 Å². The third-order valence-corrected chi connectivity index (χ3v) is 4.12. The summed E-state index contributed by atoms with van der Waals surface area (Å²) in [6, 6.07) is 3.25. The van der Waals surface area contributed by atoms with E-state index in [0.717, 1.165) is 12.8 Å². The van der Waals surface area contributed by atoms with Crippen molar-refractivity contribution in [1.29, 1.82) is 0 Å². The monoisotopic (exact) mass is 239 g/mol. The molecule has 0 aromatic heterocycles. The molecule has 0 aliphatic heterocycles. The van der Waals surface area contributed by atoms with Gasteiger partial charge in [-0.2, -0.15) is 0 Å². The minimum absolute atomic E-state index is 0.00708. The van der Waals surface area contributed by atoms with Crippen molar-refractivity contribution in [3.8, 4) is 0 Å². The first-order chi connectivity index (χ1) is 8.06. The Morgan fingerprint density at radius 2 is 1.94 bits per heavy atom. The zero-order chi connectivity index (χ0) is 12.6. The van der Waals surface area contributed by atoms with Crippen LogP contribution >= 0.6 is 0 Å². The van der Waals surface area contributed by atoms with Crippen LogP contribution in [-0.2, 0) is 0 Å². The van der Waals surface area contributed by atoms with Gasteiger partial charge in [0.15, 0.2) is 0 Å². The van der Waals surface area contributed by atoms with Crippen LogP contribution in [-0.4, -0.2) is 13.1 Å². The molecular formula is C14H19F2N. The van der Waals surface area contributed by atoms with Crippen molar-refractivity contribution in [2.24, 2.45) is 5.92 Å². The Kier molecular flexibility index (Phi) is 3.48. The molecule has 1 aliphatic rings. The van der Waals surface area contributed by atoms with Gasteiger partial charge >= 0.3 is 0 Å². The Morgan fingerprint density at radius 1 is 1.24 bits per heavy atom. The largest absolute Gasteiger partial charge is 0.317 e. The Morgan fingerprint density at radius 3 is 2.53 bits per heavy atom. The summed E-state index contributed by atoms with van der Waals surface area (Å²) in [5.74, 6) is -0.501. The van der Waals surface area contributed by atoms with Crippen LogP contribution in [0.3, 0.4) is 0 Å². The molecule has 1 aromatic rings. The van der Waals surface area contributed by atoms with E-state index in [9.17, 15) is 8.78 Å². The zero-order valence-electron chi connectivity index (χ0n) is 10.6. The standard InChI is InChI=1S/C14H19F2N/c1-8-4-6-11(15)13(14(8)16)10-5-7-12(17-3)9(10)2/h4,6,9-10,12,17H,5,7H2,1-3H3. The summed E-state index contributed by atoms with van der Waals surface area (Å²) in [4.78, 5) is 0. The first-order valence-corrected chi connectivity index (χ1v) is 6.18. The number of halogens is 2. The number of hydrogen-bond donors (Lipinski definition) is 1. The second-order valence-corrected chi connectivity index (χ2v) is 5.03. The highest BCUT2D eigenvalue weighted by atomic mass is 19.1. The SMILES string of the molecule is CNC1CCC(c2c(F)ccc(C)c2F)C1C. The molecule has 1 nitrogen and oxygen atoms in total. The second-order valence-electron chi connectivity index (χ2n) is 5.03. The molecule has 94 valence electrons. The number of hydrogen-bond acceptors (Lipinski definition) is 1. The van der Waals surface area contributed by atoms with Crippen LogP contribution in [0.25, 0.3) is 0 Å². The smallest absolute Gasteiger partial charge is 0.132 e. The Hall–Kier alpha value is -0.960. The summed E-state index contributed by atoms with van der Waals surface area (Å²) in [6.45, 7) is 3.76. The Labute approximate surface area is 101 Å². The van der Waals surface area contributed by atoms with Gasteiger partial charge in [0, 0.05) is 11.6 Å². The molecule has 1 aliphatic carbocycles. The summed E-state index contributed by atoms with van der Waals surface area (Å²) in [5.41, 5.74) is 0.816. The Balaban J connectivity index is 2.38. The molecule has 1 N–H and O–H groups in total. The molecule has 0 bridgehead atoms. The maximum atomic E-state index is 14.1. The van der Waals surface area contributed by atoms with Crippen LogP contribution in [0.5, 0.6) is 0 Å². The molecule has 0 radical (unpaired) electrons. The lowest BCUT2D eigenvalue weighted by Crippen LogP contribution is -2.29. The fourth-order valence-corrected chi connectivity index (χ4v) is 3.00. The third-order valence-electron chi connectivity index (χ3n) is 4.12. The number of nitrogens with one attached hydrogen (secondary N) is 1. The Bertz CT molecular complexity index is 417. The van der Waals surface area contributed by atoms with Gasteiger partial charge in [0.1, 0.15) is 11.6 Å². The van der Waals surface area contributed by atoms with Gasteiger partial charge in [0.05, 0.1) is 0 Å². The van der Waals surface area contributed by atoms with Crippen molar-refractivity contribution in [1.82, 2.24) is 5.32 Å². The quantitative estimate of drug-likeness (QED) is 0.834. The molecule has 0 amide bonds. The molecule has 2 rings (SSSR count). The predicted molar refractivity (Wildman–Crippen MR) is 65.1 cm³/mol. The van der Waals surface area contributed by atoms with Crippen molar-refractivity contribution < 1.29 is 8.78 Å². The first kappa shape index (κ1) is 12.5. The van der Waals surface area contributed by atoms with E-state index < -0.39 is 5.82 Å². The van der Waals surface area contributed by atoms with Gasteiger partial charge in [-0.15, -0.1) is 0 Å². The fourth-order valence-electron chi connectivity index (χ4n) is 3.00. The molecule has 0 heterocycles. The van der Waals surface area contributed by atoms with Crippen molar-refractivity contribution in [3.63, 3.8) is 0 Å². The van der Waals surface area contributed by atoms with Gasteiger partial charge in [0.25, 0.3) is 0 Å².